The van der Waals surface area contributed by atoms with Gasteiger partial charge in [0.1, 0.15) is 0 Å². The van der Waals surface area contributed by atoms with Crippen molar-refractivity contribution < 1.29 is 0 Å². The minimum Gasteiger partial charge on any atom is -0.303 e. The summed E-state index contributed by atoms with van der Waals surface area (Å²) >= 11 is 0. The molecule has 2 aliphatic carbocycles. The van der Waals surface area contributed by atoms with Crippen LogP contribution in [0.4, 0.5) is 0 Å². The van der Waals surface area contributed by atoms with E-state index in [1.54, 1.807) is 22.3 Å². The van der Waals surface area contributed by atoms with E-state index in [9.17, 15) is 0 Å². The van der Waals surface area contributed by atoms with Crippen LogP contribution in [0.1, 0.15) is 177 Å². The zero-order valence-electron chi connectivity index (χ0n) is 33.7. The van der Waals surface area contributed by atoms with Gasteiger partial charge in [0, 0.05) is 0 Å². The van der Waals surface area contributed by atoms with Gasteiger partial charge in [0.15, 0.2) is 0 Å². The van der Waals surface area contributed by atoms with Crippen molar-refractivity contribution in [2.45, 2.75) is 177 Å². The molecule has 2 rings (SSSR count). The van der Waals surface area contributed by atoms with Crippen molar-refractivity contribution >= 4 is 0 Å². The summed E-state index contributed by atoms with van der Waals surface area (Å²) in [6, 6.07) is 0. The summed E-state index contributed by atoms with van der Waals surface area (Å²) in [5.41, 5.74) is 12.3. The molecular formula is C48H79N. The van der Waals surface area contributed by atoms with E-state index in [4.69, 9.17) is 0 Å². The van der Waals surface area contributed by atoms with Crippen molar-refractivity contribution in [3.8, 4) is 0 Å². The second kappa shape index (κ2) is 25.8. The van der Waals surface area contributed by atoms with Crippen molar-refractivity contribution in [2.75, 3.05) is 19.6 Å². The van der Waals surface area contributed by atoms with Crippen LogP contribution in [0.5, 0.6) is 0 Å². The molecule has 0 radical (unpaired) electrons. The molecule has 0 aliphatic heterocycles. The molecular weight excluding hydrogens is 591 g/mol. The standard InChI is InChI=1S/C48H79N/c1-10-36-49(38-17-25-44(9)48-34-30-46(31-35-48)27-16-23-42(7)21-14-19-40(4)5)37-12-11-24-43(8)47-32-28-45(29-33-47)26-15-22-41(6)20-13-18-39(2)3/h18-19,22-23,28,30,47-48H,8-17,20-21,24-27,29,31-38H2,1-7H3/b41-22+,42-23+. The van der Waals surface area contributed by atoms with Crippen molar-refractivity contribution in [1.82, 2.24) is 4.90 Å². The number of nitrogens with zero attached hydrogens (tertiary/aromatic N) is 1. The molecule has 2 unspecified atom stereocenters. The smallest absolute Gasteiger partial charge is 0.00157 e. The highest BCUT2D eigenvalue weighted by Crippen LogP contribution is 2.34. The van der Waals surface area contributed by atoms with E-state index in [-0.39, 0.29) is 0 Å². The number of hydrogen-bond acceptors (Lipinski definition) is 1. The van der Waals surface area contributed by atoms with Gasteiger partial charge >= 0.3 is 0 Å². The van der Waals surface area contributed by atoms with Crippen LogP contribution in [0.25, 0.3) is 0 Å². The molecule has 0 saturated carbocycles. The number of hydrogen-bond donors (Lipinski definition) is 0. The lowest BCUT2D eigenvalue weighted by molar-refractivity contribution is 0.263. The number of unbranched alkanes of at least 4 members (excludes halogenated alkanes) is 1. The zero-order valence-corrected chi connectivity index (χ0v) is 33.7. The average molecular weight is 670 g/mol. The van der Waals surface area contributed by atoms with E-state index in [2.05, 4.69) is 103 Å². The first-order chi connectivity index (χ1) is 23.6. The predicted molar refractivity (Wildman–Crippen MR) is 222 cm³/mol. The van der Waals surface area contributed by atoms with Crippen molar-refractivity contribution in [3.05, 3.63) is 94.2 Å². The Labute approximate surface area is 306 Å². The summed E-state index contributed by atoms with van der Waals surface area (Å²) in [6.07, 6.45) is 39.5. The summed E-state index contributed by atoms with van der Waals surface area (Å²) in [5, 5.41) is 0. The summed E-state index contributed by atoms with van der Waals surface area (Å²) in [7, 11) is 0. The molecule has 0 spiro atoms. The largest absolute Gasteiger partial charge is 0.303 e. The normalized spacial score (nSPS) is 18.6. The second-order valence-electron chi connectivity index (χ2n) is 16.2. The van der Waals surface area contributed by atoms with Gasteiger partial charge in [-0.3, -0.25) is 0 Å². The monoisotopic (exact) mass is 670 g/mol. The average Bonchev–Trinajstić information content (AvgIpc) is 3.06. The van der Waals surface area contributed by atoms with E-state index in [1.807, 2.05) is 0 Å². The van der Waals surface area contributed by atoms with E-state index in [0.29, 0.717) is 11.8 Å². The Morgan fingerprint density at radius 1 is 0.612 bits per heavy atom. The van der Waals surface area contributed by atoms with Crippen LogP contribution in [0.15, 0.2) is 94.2 Å². The molecule has 0 amide bonds. The fraction of sp³-hybridized carbons (Fsp3) is 0.667. The van der Waals surface area contributed by atoms with Crippen LogP contribution in [-0.4, -0.2) is 24.5 Å². The minimum atomic E-state index is 0.699. The van der Waals surface area contributed by atoms with Gasteiger partial charge in [0.25, 0.3) is 0 Å². The number of allylic oxidation sites excluding steroid dienone is 14. The molecule has 0 saturated heterocycles. The molecule has 1 nitrogen and oxygen atoms in total. The first kappa shape index (κ1) is 43.0. The summed E-state index contributed by atoms with van der Waals surface area (Å²) in [4.78, 5) is 2.72. The Bertz CT molecular complexity index is 1160. The second-order valence-corrected chi connectivity index (χ2v) is 16.2. The van der Waals surface area contributed by atoms with Gasteiger partial charge in [-0.25, -0.2) is 0 Å². The van der Waals surface area contributed by atoms with Crippen LogP contribution in [-0.2, 0) is 0 Å². The third-order valence-electron chi connectivity index (χ3n) is 11.0. The molecule has 1 heteroatoms. The maximum Gasteiger partial charge on any atom is -0.00157 e. The predicted octanol–water partition coefficient (Wildman–Crippen LogP) is 15.2. The molecule has 49 heavy (non-hydrogen) atoms. The van der Waals surface area contributed by atoms with Gasteiger partial charge in [0.05, 0.1) is 0 Å². The lowest BCUT2D eigenvalue weighted by Gasteiger charge is -2.26. The Balaban J connectivity index is 1.60. The van der Waals surface area contributed by atoms with Gasteiger partial charge < -0.3 is 4.90 Å². The van der Waals surface area contributed by atoms with E-state index in [1.165, 1.54) is 170 Å². The summed E-state index contributed by atoms with van der Waals surface area (Å²) in [5.74, 6) is 1.40. The Kier molecular flexibility index (Phi) is 22.6. The van der Waals surface area contributed by atoms with Crippen molar-refractivity contribution in [2.24, 2.45) is 11.8 Å². The maximum atomic E-state index is 4.57. The van der Waals surface area contributed by atoms with E-state index < -0.39 is 0 Å². The van der Waals surface area contributed by atoms with E-state index in [0.717, 1.165) is 0 Å². The highest BCUT2D eigenvalue weighted by atomic mass is 15.1. The quantitative estimate of drug-likeness (QED) is 0.0691. The summed E-state index contributed by atoms with van der Waals surface area (Å²) < 4.78 is 0. The highest BCUT2D eigenvalue weighted by Gasteiger charge is 2.18. The summed E-state index contributed by atoms with van der Waals surface area (Å²) in [6.45, 7) is 28.5. The minimum absolute atomic E-state index is 0.699. The SMILES string of the molecule is C=C(CCCCN(CCC)CCCC(=C)C1CC=C(CC/C=C(\C)CCC=C(C)C)CC1)C1CC=C(CC/C=C(\C)CCC=C(C)C)CC1. The molecule has 0 heterocycles. The molecule has 2 atom stereocenters. The molecule has 2 aliphatic rings. The first-order valence-electron chi connectivity index (χ1n) is 20.6. The Morgan fingerprint density at radius 2 is 1.08 bits per heavy atom. The third-order valence-corrected chi connectivity index (χ3v) is 11.0. The van der Waals surface area contributed by atoms with Crippen LogP contribution in [0, 0.1) is 11.8 Å². The molecule has 0 aromatic heterocycles. The topological polar surface area (TPSA) is 3.24 Å². The van der Waals surface area contributed by atoms with Crippen LogP contribution < -0.4 is 0 Å². The van der Waals surface area contributed by atoms with Crippen molar-refractivity contribution in [1.29, 1.82) is 0 Å². The maximum absolute atomic E-state index is 4.57. The molecule has 0 aromatic rings. The Morgan fingerprint density at radius 3 is 1.51 bits per heavy atom. The highest BCUT2D eigenvalue weighted by molar-refractivity contribution is 5.16. The van der Waals surface area contributed by atoms with Gasteiger partial charge in [-0.2, -0.15) is 0 Å². The Hall–Kier alpha value is -2.12. The fourth-order valence-corrected chi connectivity index (χ4v) is 7.64. The van der Waals surface area contributed by atoms with Crippen LogP contribution >= 0.6 is 0 Å². The van der Waals surface area contributed by atoms with E-state index >= 15 is 0 Å². The number of rotatable bonds is 25. The van der Waals surface area contributed by atoms with Crippen LogP contribution in [0.2, 0.25) is 0 Å². The van der Waals surface area contributed by atoms with Gasteiger partial charge in [-0.15, -0.1) is 0 Å². The van der Waals surface area contributed by atoms with Gasteiger partial charge in [0.2, 0.25) is 0 Å². The molecule has 0 bridgehead atoms. The lowest BCUT2D eigenvalue weighted by Crippen LogP contribution is -2.27. The molecule has 276 valence electrons. The lowest BCUT2D eigenvalue weighted by atomic mass is 9.82. The zero-order chi connectivity index (χ0) is 35.9. The van der Waals surface area contributed by atoms with Crippen LogP contribution in [0.3, 0.4) is 0 Å². The van der Waals surface area contributed by atoms with Gasteiger partial charge in [-0.1, -0.05) is 101 Å². The van der Waals surface area contributed by atoms with Gasteiger partial charge in [-0.05, 0) is 201 Å². The molecule has 0 N–H and O–H groups in total. The van der Waals surface area contributed by atoms with Crippen molar-refractivity contribution in [3.63, 3.8) is 0 Å². The molecule has 0 aromatic carbocycles. The molecule has 0 fully saturated rings. The third kappa shape index (κ3) is 20.4. The first-order valence-corrected chi connectivity index (χ1v) is 20.6. The fourth-order valence-electron chi connectivity index (χ4n) is 7.64.